The first-order valence-corrected chi connectivity index (χ1v) is 6.45. The van der Waals surface area contributed by atoms with Crippen LogP contribution in [0.2, 0.25) is 0 Å². The minimum Gasteiger partial charge on any atom is -0.239 e. The highest BCUT2D eigenvalue weighted by molar-refractivity contribution is 14.1. The van der Waals surface area contributed by atoms with E-state index in [0.717, 1.165) is 13.0 Å². The summed E-state index contributed by atoms with van der Waals surface area (Å²) in [7, 11) is 0. The number of rotatable bonds is 6. The number of nitrogens with zero attached hydrogens (tertiary/aromatic N) is 3. The monoisotopic (exact) mass is 307 g/mol. The van der Waals surface area contributed by atoms with Gasteiger partial charge in [-0.15, -0.1) is 5.10 Å². The summed E-state index contributed by atoms with van der Waals surface area (Å²) < 4.78 is 3.25. The van der Waals surface area contributed by atoms with E-state index >= 15 is 0 Å². The van der Waals surface area contributed by atoms with E-state index in [1.165, 1.54) is 35.1 Å². The molecule has 0 unspecified atom stereocenters. The standard InChI is InChI=1S/C10H18IN3/c1-3-5-7-9-10(11)14(13-12-9)8-6-4-2/h3-8H2,1-2H3. The molecule has 0 saturated carbocycles. The lowest BCUT2D eigenvalue weighted by Gasteiger charge is -2.00. The van der Waals surface area contributed by atoms with Crippen molar-refractivity contribution < 1.29 is 0 Å². The van der Waals surface area contributed by atoms with Gasteiger partial charge in [0, 0.05) is 6.54 Å². The van der Waals surface area contributed by atoms with Gasteiger partial charge in [0.15, 0.2) is 0 Å². The zero-order chi connectivity index (χ0) is 10.4. The van der Waals surface area contributed by atoms with Gasteiger partial charge in [-0.1, -0.05) is 31.9 Å². The Morgan fingerprint density at radius 2 is 1.93 bits per heavy atom. The van der Waals surface area contributed by atoms with Crippen molar-refractivity contribution in [3.8, 4) is 0 Å². The van der Waals surface area contributed by atoms with E-state index < -0.39 is 0 Å². The van der Waals surface area contributed by atoms with Gasteiger partial charge in [0.25, 0.3) is 0 Å². The highest BCUT2D eigenvalue weighted by atomic mass is 127. The number of aromatic nitrogens is 3. The van der Waals surface area contributed by atoms with Gasteiger partial charge in [-0.2, -0.15) is 0 Å². The maximum absolute atomic E-state index is 4.21. The highest BCUT2D eigenvalue weighted by Crippen LogP contribution is 2.12. The highest BCUT2D eigenvalue weighted by Gasteiger charge is 2.08. The molecule has 0 N–H and O–H groups in total. The molecule has 0 aliphatic heterocycles. The van der Waals surface area contributed by atoms with Gasteiger partial charge in [-0.3, -0.25) is 0 Å². The van der Waals surface area contributed by atoms with Crippen molar-refractivity contribution in [2.75, 3.05) is 0 Å². The maximum atomic E-state index is 4.21. The summed E-state index contributed by atoms with van der Waals surface area (Å²) in [6.07, 6.45) is 5.90. The van der Waals surface area contributed by atoms with Gasteiger partial charge in [-0.25, -0.2) is 4.68 Å². The second-order valence-corrected chi connectivity index (χ2v) is 4.53. The zero-order valence-electron chi connectivity index (χ0n) is 8.96. The quantitative estimate of drug-likeness (QED) is 0.756. The predicted molar refractivity (Wildman–Crippen MR) is 66.3 cm³/mol. The second-order valence-electron chi connectivity index (χ2n) is 3.51. The van der Waals surface area contributed by atoms with Crippen LogP contribution in [0.25, 0.3) is 0 Å². The Kier molecular flexibility index (Phi) is 5.44. The lowest BCUT2D eigenvalue weighted by molar-refractivity contribution is 0.543. The lowest BCUT2D eigenvalue weighted by Crippen LogP contribution is -2.02. The van der Waals surface area contributed by atoms with E-state index in [1.54, 1.807) is 0 Å². The molecule has 0 bridgehead atoms. The largest absolute Gasteiger partial charge is 0.239 e. The fraction of sp³-hybridized carbons (Fsp3) is 0.800. The van der Waals surface area contributed by atoms with E-state index in [-0.39, 0.29) is 0 Å². The van der Waals surface area contributed by atoms with Crippen LogP contribution in [-0.4, -0.2) is 15.0 Å². The summed E-state index contributed by atoms with van der Waals surface area (Å²) >= 11 is 2.35. The van der Waals surface area contributed by atoms with Crippen LogP contribution >= 0.6 is 22.6 Å². The first-order chi connectivity index (χ1) is 6.79. The second kappa shape index (κ2) is 6.37. The van der Waals surface area contributed by atoms with Crippen molar-refractivity contribution in [1.82, 2.24) is 15.0 Å². The molecule has 0 saturated heterocycles. The Labute approximate surface area is 99.4 Å². The van der Waals surface area contributed by atoms with Crippen LogP contribution in [-0.2, 0) is 13.0 Å². The number of unbranched alkanes of at least 4 members (excludes halogenated alkanes) is 2. The number of aryl methyl sites for hydroxylation is 2. The molecule has 0 fully saturated rings. The van der Waals surface area contributed by atoms with E-state index in [4.69, 9.17) is 0 Å². The van der Waals surface area contributed by atoms with E-state index in [2.05, 4.69) is 46.8 Å². The van der Waals surface area contributed by atoms with Crippen molar-refractivity contribution in [2.24, 2.45) is 0 Å². The molecule has 3 nitrogen and oxygen atoms in total. The average molecular weight is 307 g/mol. The molecule has 0 aromatic carbocycles. The van der Waals surface area contributed by atoms with Crippen molar-refractivity contribution in [3.05, 3.63) is 9.39 Å². The molecule has 1 aromatic rings. The van der Waals surface area contributed by atoms with Crippen LogP contribution in [0.5, 0.6) is 0 Å². The lowest BCUT2D eigenvalue weighted by atomic mass is 10.2. The summed E-state index contributed by atoms with van der Waals surface area (Å²) in [4.78, 5) is 0. The molecular formula is C10H18IN3. The predicted octanol–water partition coefficient (Wildman–Crippen LogP) is 3.03. The molecule has 0 amide bonds. The van der Waals surface area contributed by atoms with Crippen molar-refractivity contribution in [1.29, 1.82) is 0 Å². The van der Waals surface area contributed by atoms with E-state index in [0.29, 0.717) is 0 Å². The van der Waals surface area contributed by atoms with Crippen LogP contribution in [0.4, 0.5) is 0 Å². The zero-order valence-corrected chi connectivity index (χ0v) is 11.1. The van der Waals surface area contributed by atoms with Gasteiger partial charge in [0.05, 0.1) is 5.69 Å². The molecule has 14 heavy (non-hydrogen) atoms. The fourth-order valence-electron chi connectivity index (χ4n) is 1.29. The third-order valence-electron chi connectivity index (χ3n) is 2.23. The van der Waals surface area contributed by atoms with Crippen molar-refractivity contribution in [3.63, 3.8) is 0 Å². The van der Waals surface area contributed by atoms with Gasteiger partial charge in [0.1, 0.15) is 3.70 Å². The molecule has 1 aromatic heterocycles. The summed E-state index contributed by atoms with van der Waals surface area (Å²) in [5, 5.41) is 8.38. The Bertz CT molecular complexity index is 245. The number of hydrogen-bond donors (Lipinski definition) is 0. The first-order valence-electron chi connectivity index (χ1n) is 5.37. The summed E-state index contributed by atoms with van der Waals surface area (Å²) in [5.41, 5.74) is 1.17. The molecular weight excluding hydrogens is 289 g/mol. The normalized spacial score (nSPS) is 10.8. The van der Waals surface area contributed by atoms with Crippen molar-refractivity contribution >= 4 is 22.6 Å². The van der Waals surface area contributed by atoms with Crippen LogP contribution < -0.4 is 0 Å². The molecule has 1 heterocycles. The Morgan fingerprint density at radius 3 is 2.57 bits per heavy atom. The number of hydrogen-bond acceptors (Lipinski definition) is 2. The smallest absolute Gasteiger partial charge is 0.122 e. The molecule has 0 radical (unpaired) electrons. The van der Waals surface area contributed by atoms with E-state index in [9.17, 15) is 0 Å². The maximum Gasteiger partial charge on any atom is 0.122 e. The Hall–Kier alpha value is -0.130. The fourth-order valence-corrected chi connectivity index (χ4v) is 2.00. The minimum atomic E-state index is 1.01. The SMILES string of the molecule is CCCCc1nnn(CCCC)c1I. The van der Waals surface area contributed by atoms with E-state index in [1.807, 2.05) is 4.68 Å². The summed E-state index contributed by atoms with van der Waals surface area (Å²) in [5.74, 6) is 0. The molecule has 1 rings (SSSR count). The molecule has 4 heteroatoms. The van der Waals surface area contributed by atoms with Crippen LogP contribution in [0.15, 0.2) is 0 Å². The molecule has 0 aliphatic carbocycles. The molecule has 0 aliphatic rings. The third kappa shape index (κ3) is 3.22. The Balaban J connectivity index is 2.55. The molecule has 0 atom stereocenters. The van der Waals surface area contributed by atoms with Gasteiger partial charge >= 0.3 is 0 Å². The average Bonchev–Trinajstić information content (AvgIpc) is 2.54. The Morgan fingerprint density at radius 1 is 1.21 bits per heavy atom. The summed E-state index contributed by atoms with van der Waals surface area (Å²) in [6, 6.07) is 0. The minimum absolute atomic E-state index is 1.01. The summed E-state index contributed by atoms with van der Waals surface area (Å²) in [6.45, 7) is 5.41. The number of halogens is 1. The van der Waals surface area contributed by atoms with Gasteiger partial charge in [0.2, 0.25) is 0 Å². The van der Waals surface area contributed by atoms with Gasteiger partial charge < -0.3 is 0 Å². The van der Waals surface area contributed by atoms with Crippen LogP contribution in [0.1, 0.15) is 45.2 Å². The topological polar surface area (TPSA) is 30.7 Å². The third-order valence-corrected chi connectivity index (χ3v) is 3.41. The van der Waals surface area contributed by atoms with Crippen LogP contribution in [0.3, 0.4) is 0 Å². The molecule has 80 valence electrons. The van der Waals surface area contributed by atoms with Gasteiger partial charge in [-0.05, 0) is 41.9 Å². The van der Waals surface area contributed by atoms with Crippen LogP contribution in [0, 0.1) is 3.70 Å². The first kappa shape index (κ1) is 11.9. The molecule has 0 spiro atoms. The van der Waals surface area contributed by atoms with Crippen molar-refractivity contribution in [2.45, 2.75) is 52.5 Å².